The van der Waals surface area contributed by atoms with Crippen LogP contribution in [-0.4, -0.2) is 19.5 Å². The van der Waals surface area contributed by atoms with Gasteiger partial charge in [-0.15, -0.1) is 0 Å². The monoisotopic (exact) mass is 237 g/mol. The predicted molar refractivity (Wildman–Crippen MR) is 67.7 cm³/mol. The molecule has 0 unspecified atom stereocenters. The number of hydrogen-bond donors (Lipinski definition) is 1. The third-order valence-electron chi connectivity index (χ3n) is 2.03. The summed E-state index contributed by atoms with van der Waals surface area (Å²) in [5, 5.41) is 2.51. The van der Waals surface area contributed by atoms with Crippen molar-refractivity contribution >= 4 is 19.4 Å². The Kier molecular flexibility index (Phi) is 4.15. The minimum atomic E-state index is -0.546. The van der Waals surface area contributed by atoms with Gasteiger partial charge >= 0.3 is 6.09 Å². The van der Waals surface area contributed by atoms with Crippen LogP contribution in [0, 0.1) is 5.82 Å². The molecule has 1 aromatic rings. The topological polar surface area (TPSA) is 38.3 Å². The molecule has 0 saturated carbocycles. The molecule has 0 fully saturated rings. The van der Waals surface area contributed by atoms with Gasteiger partial charge in [0.25, 0.3) is 0 Å². The lowest BCUT2D eigenvalue weighted by Gasteiger charge is -2.19. The highest BCUT2D eigenvalue weighted by molar-refractivity contribution is 6.32. The molecular formula is C12H17BFNO2. The quantitative estimate of drug-likeness (QED) is 0.782. The van der Waals surface area contributed by atoms with Crippen molar-refractivity contribution in [2.45, 2.75) is 32.9 Å². The number of benzene rings is 1. The van der Waals surface area contributed by atoms with E-state index in [1.54, 1.807) is 32.9 Å². The first-order valence-electron chi connectivity index (χ1n) is 5.50. The number of nitrogens with one attached hydrogen (secondary N) is 1. The molecule has 1 amide bonds. The maximum atomic E-state index is 13.4. The Labute approximate surface area is 102 Å². The molecule has 1 aromatic carbocycles. The van der Waals surface area contributed by atoms with Gasteiger partial charge in [-0.05, 0) is 26.8 Å². The van der Waals surface area contributed by atoms with Crippen molar-refractivity contribution in [1.29, 1.82) is 0 Å². The van der Waals surface area contributed by atoms with Gasteiger partial charge in [-0.1, -0.05) is 17.6 Å². The van der Waals surface area contributed by atoms with Crippen LogP contribution in [-0.2, 0) is 11.3 Å². The fourth-order valence-corrected chi connectivity index (χ4v) is 1.28. The molecule has 0 atom stereocenters. The maximum absolute atomic E-state index is 13.4. The van der Waals surface area contributed by atoms with Crippen LogP contribution in [0.3, 0.4) is 0 Å². The number of alkyl carbamates (subject to hydrolysis) is 1. The van der Waals surface area contributed by atoms with E-state index in [9.17, 15) is 9.18 Å². The third-order valence-corrected chi connectivity index (χ3v) is 2.03. The van der Waals surface area contributed by atoms with Gasteiger partial charge in [0.2, 0.25) is 0 Å². The van der Waals surface area contributed by atoms with Gasteiger partial charge < -0.3 is 10.1 Å². The Hall–Kier alpha value is -1.52. The summed E-state index contributed by atoms with van der Waals surface area (Å²) in [5.74, 6) is -0.318. The molecule has 5 heteroatoms. The second-order valence-corrected chi connectivity index (χ2v) is 4.95. The molecule has 0 spiro atoms. The number of carbonyl (C=O) groups is 1. The Morgan fingerprint density at radius 3 is 2.65 bits per heavy atom. The van der Waals surface area contributed by atoms with Gasteiger partial charge in [-0.2, -0.15) is 0 Å². The maximum Gasteiger partial charge on any atom is 0.407 e. The van der Waals surface area contributed by atoms with E-state index in [-0.39, 0.29) is 12.4 Å². The minimum Gasteiger partial charge on any atom is -0.444 e. The molecule has 0 bridgehead atoms. The van der Waals surface area contributed by atoms with Crippen molar-refractivity contribution in [1.82, 2.24) is 5.32 Å². The second-order valence-electron chi connectivity index (χ2n) is 4.95. The van der Waals surface area contributed by atoms with Gasteiger partial charge in [0.05, 0.1) is 0 Å². The fraction of sp³-hybridized carbons (Fsp3) is 0.417. The predicted octanol–water partition coefficient (Wildman–Crippen LogP) is 1.11. The summed E-state index contributed by atoms with van der Waals surface area (Å²) in [7, 11) is 1.81. The molecule has 17 heavy (non-hydrogen) atoms. The highest BCUT2D eigenvalue weighted by Crippen LogP contribution is 2.08. The van der Waals surface area contributed by atoms with Crippen molar-refractivity contribution in [2.24, 2.45) is 0 Å². The summed E-state index contributed by atoms with van der Waals surface area (Å²) in [6.45, 7) is 5.46. The van der Waals surface area contributed by atoms with Crippen molar-refractivity contribution in [3.8, 4) is 0 Å². The van der Waals surface area contributed by atoms with Gasteiger partial charge in [0.15, 0.2) is 0 Å². The van der Waals surface area contributed by atoms with E-state index < -0.39 is 11.7 Å². The van der Waals surface area contributed by atoms with Crippen molar-refractivity contribution < 1.29 is 13.9 Å². The summed E-state index contributed by atoms with van der Waals surface area (Å²) in [6, 6.07) is 4.89. The molecule has 0 aromatic heterocycles. The van der Waals surface area contributed by atoms with Crippen molar-refractivity contribution in [3.05, 3.63) is 29.6 Å². The molecule has 1 N–H and O–H groups in total. The highest BCUT2D eigenvalue weighted by Gasteiger charge is 2.16. The smallest absolute Gasteiger partial charge is 0.407 e. The lowest BCUT2D eigenvalue weighted by atomic mass is 9.95. The van der Waals surface area contributed by atoms with Crippen LogP contribution < -0.4 is 10.8 Å². The van der Waals surface area contributed by atoms with Crippen LogP contribution in [0.1, 0.15) is 26.3 Å². The van der Waals surface area contributed by atoms with E-state index in [1.807, 2.05) is 7.85 Å². The average molecular weight is 237 g/mol. The van der Waals surface area contributed by atoms with E-state index in [0.717, 1.165) is 5.46 Å². The molecular weight excluding hydrogens is 220 g/mol. The second kappa shape index (κ2) is 5.21. The number of halogens is 1. The SMILES string of the molecule is Bc1ccc(CNC(=O)OC(C)(C)C)c(F)c1. The Morgan fingerprint density at radius 2 is 2.12 bits per heavy atom. The van der Waals surface area contributed by atoms with Crippen LogP contribution in [0.15, 0.2) is 18.2 Å². The summed E-state index contributed by atoms with van der Waals surface area (Å²) in [5.41, 5.74) is 0.751. The van der Waals surface area contributed by atoms with E-state index in [1.165, 1.54) is 6.07 Å². The van der Waals surface area contributed by atoms with Gasteiger partial charge in [-0.3, -0.25) is 0 Å². The Balaban J connectivity index is 2.53. The summed E-state index contributed by atoms with van der Waals surface area (Å²) >= 11 is 0. The van der Waals surface area contributed by atoms with E-state index in [4.69, 9.17) is 4.74 Å². The molecule has 0 aliphatic rings. The zero-order valence-electron chi connectivity index (χ0n) is 10.6. The number of ether oxygens (including phenoxy) is 1. The minimum absolute atomic E-state index is 0.126. The molecule has 0 heterocycles. The average Bonchev–Trinajstić information content (AvgIpc) is 2.13. The van der Waals surface area contributed by atoms with E-state index >= 15 is 0 Å². The molecule has 0 aliphatic carbocycles. The summed E-state index contributed by atoms with van der Waals surface area (Å²) in [4.78, 5) is 11.4. The van der Waals surface area contributed by atoms with Crippen LogP contribution in [0.5, 0.6) is 0 Å². The highest BCUT2D eigenvalue weighted by atomic mass is 19.1. The van der Waals surface area contributed by atoms with Crippen LogP contribution >= 0.6 is 0 Å². The first-order valence-corrected chi connectivity index (χ1v) is 5.50. The van der Waals surface area contributed by atoms with Crippen LogP contribution in [0.2, 0.25) is 0 Å². The molecule has 92 valence electrons. The lowest BCUT2D eigenvalue weighted by molar-refractivity contribution is 0.0523. The van der Waals surface area contributed by atoms with Gasteiger partial charge in [0, 0.05) is 12.1 Å². The molecule has 0 radical (unpaired) electrons. The summed E-state index contributed by atoms with van der Waals surface area (Å²) < 4.78 is 18.5. The standard InChI is InChI=1S/C12H17BFNO2/c1-12(2,3)17-11(16)15-7-8-4-5-9(13)6-10(8)14/h4-6H,7,13H2,1-3H3,(H,15,16). The first kappa shape index (κ1) is 13.5. The Morgan fingerprint density at radius 1 is 1.47 bits per heavy atom. The van der Waals surface area contributed by atoms with Crippen LogP contribution in [0.25, 0.3) is 0 Å². The number of rotatable bonds is 2. The lowest BCUT2D eigenvalue weighted by Crippen LogP contribution is -2.32. The number of carbonyl (C=O) groups excluding carboxylic acids is 1. The zero-order chi connectivity index (χ0) is 13.1. The normalized spacial score (nSPS) is 11.1. The van der Waals surface area contributed by atoms with E-state index in [2.05, 4.69) is 5.32 Å². The zero-order valence-corrected chi connectivity index (χ0v) is 10.6. The fourth-order valence-electron chi connectivity index (χ4n) is 1.28. The summed E-state index contributed by atoms with van der Waals surface area (Å²) in [6.07, 6.45) is -0.544. The molecule has 0 aliphatic heterocycles. The number of hydrogen-bond acceptors (Lipinski definition) is 2. The molecule has 0 saturated heterocycles. The molecule has 3 nitrogen and oxygen atoms in total. The van der Waals surface area contributed by atoms with E-state index in [0.29, 0.717) is 5.56 Å². The molecule has 1 rings (SSSR count). The number of amides is 1. The van der Waals surface area contributed by atoms with Crippen molar-refractivity contribution in [2.75, 3.05) is 0 Å². The van der Waals surface area contributed by atoms with Crippen molar-refractivity contribution in [3.63, 3.8) is 0 Å². The van der Waals surface area contributed by atoms with Gasteiger partial charge in [0.1, 0.15) is 19.3 Å². The largest absolute Gasteiger partial charge is 0.444 e. The van der Waals surface area contributed by atoms with Crippen LogP contribution in [0.4, 0.5) is 9.18 Å². The van der Waals surface area contributed by atoms with Gasteiger partial charge in [-0.25, -0.2) is 9.18 Å². The Bertz CT molecular complexity index is 415. The third kappa shape index (κ3) is 4.89. The first-order chi connectivity index (χ1) is 7.78.